The number of amides is 1. The number of hydrogen-bond donors (Lipinski definition) is 0. The monoisotopic (exact) mass is 315 g/mol. The number of aryl methyl sites for hydroxylation is 2. The van der Waals surface area contributed by atoms with Crippen LogP contribution in [0.2, 0.25) is 0 Å². The van der Waals surface area contributed by atoms with E-state index < -0.39 is 26.2 Å². The van der Waals surface area contributed by atoms with Gasteiger partial charge in [0, 0.05) is 36.7 Å². The Kier molecular flexibility index (Phi) is 2.12. The third kappa shape index (κ3) is 2.97. The Morgan fingerprint density at radius 3 is 2.57 bits per heavy atom. The van der Waals surface area contributed by atoms with E-state index in [1.165, 1.54) is 4.40 Å². The molecular formula is C19H21N3O. The standard InChI is InChI=1S/C19H21N3O/c1-13-5-8-15(9-6-13)19-16(11-18(23)21(3)4)22-12-14(2)7-10-17(22)20-19/h5-10,12H,11H2,1-4H3/i3D3,4D3,11D2. The maximum Gasteiger partial charge on any atom is 0.228 e. The minimum atomic E-state index is -3.36. The molecule has 0 fully saturated rings. The van der Waals surface area contributed by atoms with Crippen LogP contribution in [-0.4, -0.2) is 34.1 Å². The van der Waals surface area contributed by atoms with Crippen LogP contribution in [-0.2, 0) is 11.2 Å². The Balaban J connectivity index is 2.31. The van der Waals surface area contributed by atoms with Crippen LogP contribution in [0.1, 0.15) is 27.8 Å². The number of benzene rings is 1. The van der Waals surface area contributed by atoms with Crippen molar-refractivity contribution in [1.29, 1.82) is 0 Å². The van der Waals surface area contributed by atoms with Crippen LogP contribution >= 0.6 is 0 Å². The van der Waals surface area contributed by atoms with Crippen molar-refractivity contribution in [3.05, 3.63) is 59.4 Å². The first kappa shape index (κ1) is 8.29. The Morgan fingerprint density at radius 1 is 1.17 bits per heavy atom. The van der Waals surface area contributed by atoms with Gasteiger partial charge in [0.05, 0.1) is 17.8 Å². The van der Waals surface area contributed by atoms with Crippen molar-refractivity contribution >= 4 is 11.6 Å². The lowest BCUT2D eigenvalue weighted by Gasteiger charge is -2.11. The summed E-state index contributed by atoms with van der Waals surface area (Å²) in [5.41, 5.74) is 2.43. The molecule has 23 heavy (non-hydrogen) atoms. The van der Waals surface area contributed by atoms with Crippen LogP contribution in [0.5, 0.6) is 0 Å². The Morgan fingerprint density at radius 2 is 1.87 bits per heavy atom. The van der Waals surface area contributed by atoms with Gasteiger partial charge in [-0.25, -0.2) is 4.98 Å². The molecule has 0 aliphatic rings. The van der Waals surface area contributed by atoms with E-state index in [1.54, 1.807) is 49.5 Å². The second kappa shape index (κ2) is 5.88. The normalized spacial score (nSPS) is 17.8. The molecule has 0 aliphatic heterocycles. The van der Waals surface area contributed by atoms with E-state index in [0.29, 0.717) is 11.2 Å². The molecule has 4 nitrogen and oxygen atoms in total. The molecule has 118 valence electrons. The minimum Gasteiger partial charge on any atom is -0.348 e. The Labute approximate surface area is 147 Å². The molecule has 0 saturated heterocycles. The SMILES string of the molecule is [2H]C([2H])(C(=O)N(C([2H])([2H])[2H])C([2H])([2H])[2H])c1c(-c2ccc(C)cc2)nc2ccc(C)cn12. The van der Waals surface area contributed by atoms with Gasteiger partial charge in [0.1, 0.15) is 5.65 Å². The highest BCUT2D eigenvalue weighted by atomic mass is 16.2. The summed E-state index contributed by atoms with van der Waals surface area (Å²) in [5, 5.41) is 0. The number of carbonyl (C=O) groups is 1. The first-order valence-corrected chi connectivity index (χ1v) is 7.05. The molecule has 0 radical (unpaired) electrons. The molecule has 1 aromatic carbocycles. The summed E-state index contributed by atoms with van der Waals surface area (Å²) in [6, 6.07) is 10.4. The molecule has 0 N–H and O–H groups in total. The molecular weight excluding hydrogens is 286 g/mol. The molecule has 4 heteroatoms. The van der Waals surface area contributed by atoms with E-state index in [2.05, 4.69) is 4.98 Å². The van der Waals surface area contributed by atoms with Gasteiger partial charge in [-0.1, -0.05) is 35.9 Å². The van der Waals surface area contributed by atoms with Gasteiger partial charge in [0.15, 0.2) is 0 Å². The van der Waals surface area contributed by atoms with Crippen LogP contribution in [0.3, 0.4) is 0 Å². The summed E-state index contributed by atoms with van der Waals surface area (Å²) < 4.78 is 63.6. The van der Waals surface area contributed by atoms with Crippen molar-refractivity contribution in [2.45, 2.75) is 20.2 Å². The highest BCUT2D eigenvalue weighted by Gasteiger charge is 2.18. The molecule has 1 amide bonds. The van der Waals surface area contributed by atoms with Crippen LogP contribution in [0, 0.1) is 13.8 Å². The number of rotatable bonds is 3. The van der Waals surface area contributed by atoms with Gasteiger partial charge in [-0.05, 0) is 25.5 Å². The van der Waals surface area contributed by atoms with Crippen molar-refractivity contribution < 1.29 is 15.8 Å². The van der Waals surface area contributed by atoms with Crippen LogP contribution in [0.4, 0.5) is 0 Å². The van der Waals surface area contributed by atoms with Crippen molar-refractivity contribution in [1.82, 2.24) is 14.3 Å². The smallest absolute Gasteiger partial charge is 0.228 e. The van der Waals surface area contributed by atoms with Crippen molar-refractivity contribution in [2.75, 3.05) is 14.0 Å². The summed E-state index contributed by atoms with van der Waals surface area (Å²) in [6.45, 7) is -3.08. The summed E-state index contributed by atoms with van der Waals surface area (Å²) in [7, 11) is 0. The maximum absolute atomic E-state index is 13.1. The number of carbonyl (C=O) groups excluding carboxylic acids is 1. The van der Waals surface area contributed by atoms with E-state index in [9.17, 15) is 4.79 Å². The van der Waals surface area contributed by atoms with Crippen LogP contribution < -0.4 is 0 Å². The first-order chi connectivity index (χ1) is 14.1. The lowest BCUT2D eigenvalue weighted by molar-refractivity contribution is -0.128. The highest BCUT2D eigenvalue weighted by Crippen LogP contribution is 2.26. The molecule has 3 rings (SSSR count). The molecule has 0 atom stereocenters. The Bertz CT molecular complexity index is 1120. The molecule has 0 aliphatic carbocycles. The second-order valence-corrected chi connectivity index (χ2v) is 5.38. The van der Waals surface area contributed by atoms with Crippen LogP contribution in [0.15, 0.2) is 42.6 Å². The Hall–Kier alpha value is -2.62. The summed E-state index contributed by atoms with van der Waals surface area (Å²) in [4.78, 5) is 17.2. The van der Waals surface area contributed by atoms with Crippen LogP contribution in [0.25, 0.3) is 16.9 Å². The molecule has 0 unspecified atom stereocenters. The van der Waals surface area contributed by atoms with E-state index in [-0.39, 0.29) is 16.3 Å². The summed E-state index contributed by atoms with van der Waals surface area (Å²) in [6.07, 6.45) is -1.44. The van der Waals surface area contributed by atoms with E-state index in [4.69, 9.17) is 11.0 Å². The number of hydrogen-bond acceptors (Lipinski definition) is 2. The lowest BCUT2D eigenvalue weighted by Crippen LogP contribution is -2.24. The van der Waals surface area contributed by atoms with Gasteiger partial charge >= 0.3 is 0 Å². The van der Waals surface area contributed by atoms with E-state index in [0.717, 1.165) is 11.1 Å². The fourth-order valence-corrected chi connectivity index (χ4v) is 2.34. The number of imidazole rings is 1. The highest BCUT2D eigenvalue weighted by molar-refractivity contribution is 5.81. The van der Waals surface area contributed by atoms with Gasteiger partial charge < -0.3 is 9.30 Å². The third-order valence-electron chi connectivity index (χ3n) is 3.52. The van der Waals surface area contributed by atoms with Gasteiger partial charge in [-0.15, -0.1) is 0 Å². The number of nitrogens with zero attached hydrogens (tertiary/aromatic N) is 3. The number of aromatic nitrogens is 2. The zero-order chi connectivity index (χ0) is 23.4. The number of likely N-dealkylation sites (N-methyl/N-ethyl adjacent to an activating group) is 1. The molecule has 0 saturated carbocycles. The predicted octanol–water partition coefficient (Wildman–Crippen LogP) is 3.25. The second-order valence-electron chi connectivity index (χ2n) is 5.38. The predicted molar refractivity (Wildman–Crippen MR) is 92.5 cm³/mol. The largest absolute Gasteiger partial charge is 0.348 e. The lowest BCUT2D eigenvalue weighted by atomic mass is 10.1. The zero-order valence-corrected chi connectivity index (χ0v) is 12.8. The van der Waals surface area contributed by atoms with Gasteiger partial charge in [0.25, 0.3) is 0 Å². The minimum absolute atomic E-state index is 0.125. The molecule has 0 spiro atoms. The molecule has 2 heterocycles. The molecule has 2 aromatic heterocycles. The fraction of sp³-hybridized carbons (Fsp3) is 0.263. The van der Waals surface area contributed by atoms with Crippen molar-refractivity contribution in [3.8, 4) is 11.3 Å². The summed E-state index contributed by atoms with van der Waals surface area (Å²) in [5.74, 6) is -1.69. The summed E-state index contributed by atoms with van der Waals surface area (Å²) >= 11 is 0. The average molecular weight is 315 g/mol. The van der Waals surface area contributed by atoms with E-state index >= 15 is 0 Å². The van der Waals surface area contributed by atoms with Gasteiger partial charge in [-0.3, -0.25) is 4.79 Å². The third-order valence-corrected chi connectivity index (χ3v) is 3.52. The van der Waals surface area contributed by atoms with E-state index in [1.807, 2.05) is 6.92 Å². The van der Waals surface area contributed by atoms with Gasteiger partial charge in [0.2, 0.25) is 5.91 Å². The number of pyridine rings is 1. The molecule has 0 bridgehead atoms. The fourth-order valence-electron chi connectivity index (χ4n) is 2.34. The average Bonchev–Trinajstić information content (AvgIpc) is 2.99. The van der Waals surface area contributed by atoms with Gasteiger partial charge in [-0.2, -0.15) is 0 Å². The molecule has 3 aromatic rings. The van der Waals surface area contributed by atoms with Crippen molar-refractivity contribution in [3.63, 3.8) is 0 Å². The zero-order valence-electron chi connectivity index (χ0n) is 20.8. The maximum atomic E-state index is 13.1. The van der Waals surface area contributed by atoms with Crippen molar-refractivity contribution in [2.24, 2.45) is 0 Å². The first-order valence-electron chi connectivity index (χ1n) is 11.0. The number of fused-ring (bicyclic) bond motifs is 1. The topological polar surface area (TPSA) is 37.6 Å². The quantitative estimate of drug-likeness (QED) is 0.744.